The number of amides is 1. The van der Waals surface area contributed by atoms with Crippen LogP contribution in [0.15, 0.2) is 35.3 Å². The monoisotopic (exact) mass is 342 g/mol. The number of hydrogen-bond donors (Lipinski definition) is 0. The minimum absolute atomic E-state index is 0.0188. The highest BCUT2D eigenvalue weighted by Gasteiger charge is 2.38. The van der Waals surface area contributed by atoms with E-state index in [1.807, 2.05) is 19.1 Å². The first-order chi connectivity index (χ1) is 12.2. The van der Waals surface area contributed by atoms with Gasteiger partial charge in [-0.1, -0.05) is 0 Å². The Labute approximate surface area is 146 Å². The van der Waals surface area contributed by atoms with Crippen molar-refractivity contribution in [2.24, 2.45) is 5.92 Å². The number of hydroxylamine groups is 2. The molecule has 4 rings (SSSR count). The van der Waals surface area contributed by atoms with Gasteiger partial charge in [-0.25, -0.2) is 15.0 Å². The van der Waals surface area contributed by atoms with E-state index in [9.17, 15) is 4.79 Å². The molecule has 0 spiro atoms. The lowest BCUT2D eigenvalue weighted by molar-refractivity contribution is -0.183. The number of anilines is 1. The molecule has 2 saturated heterocycles. The van der Waals surface area contributed by atoms with Crippen molar-refractivity contribution in [3.63, 3.8) is 0 Å². The van der Waals surface area contributed by atoms with Crippen molar-refractivity contribution in [3.8, 4) is 0 Å². The first-order valence-corrected chi connectivity index (χ1v) is 8.74. The molecule has 1 amide bonds. The molecule has 2 aromatic heterocycles. The normalized spacial score (nSPS) is 21.7. The molecule has 2 fully saturated rings. The van der Waals surface area contributed by atoms with Gasteiger partial charge in [-0.2, -0.15) is 0 Å². The zero-order chi connectivity index (χ0) is 17.2. The van der Waals surface area contributed by atoms with Crippen LogP contribution in [0.1, 0.15) is 36.6 Å². The second-order valence-corrected chi connectivity index (χ2v) is 6.66. The fraction of sp³-hybridized carbons (Fsp3) is 0.500. The van der Waals surface area contributed by atoms with Crippen LogP contribution in [0, 0.1) is 12.8 Å². The maximum absolute atomic E-state index is 12.9. The number of piperidine rings is 1. The second-order valence-electron chi connectivity index (χ2n) is 6.66. The van der Waals surface area contributed by atoms with Crippen LogP contribution in [0.25, 0.3) is 0 Å². The van der Waals surface area contributed by atoms with Crippen molar-refractivity contribution in [3.05, 3.63) is 42.2 Å². The summed E-state index contributed by atoms with van der Waals surface area (Å²) in [6, 6.07) is 3.78. The Morgan fingerprint density at radius 1 is 1.28 bits per heavy atom. The van der Waals surface area contributed by atoms with Crippen molar-refractivity contribution in [1.29, 1.82) is 0 Å². The summed E-state index contributed by atoms with van der Waals surface area (Å²) in [5.74, 6) is 1.78. The summed E-state index contributed by atoms with van der Waals surface area (Å²) in [7, 11) is 0. The molecule has 1 atom stereocenters. The lowest BCUT2D eigenvalue weighted by Crippen LogP contribution is -2.42. The first kappa shape index (κ1) is 16.1. The summed E-state index contributed by atoms with van der Waals surface area (Å²) in [5.41, 5.74) is 1.06. The van der Waals surface area contributed by atoms with Crippen LogP contribution in [0.2, 0.25) is 0 Å². The smallest absolute Gasteiger partial charge is 0.250 e. The molecule has 0 unspecified atom stereocenters. The molecule has 25 heavy (non-hydrogen) atoms. The van der Waals surface area contributed by atoms with Gasteiger partial charge in [0.1, 0.15) is 23.9 Å². The highest BCUT2D eigenvalue weighted by Crippen LogP contribution is 2.34. The Morgan fingerprint density at radius 3 is 2.80 bits per heavy atom. The highest BCUT2D eigenvalue weighted by atomic mass is 16.7. The fourth-order valence-electron chi connectivity index (χ4n) is 3.58. The second kappa shape index (κ2) is 6.84. The highest BCUT2D eigenvalue weighted by molar-refractivity contribution is 5.78. The van der Waals surface area contributed by atoms with Gasteiger partial charge in [0.15, 0.2) is 0 Å². The van der Waals surface area contributed by atoms with Gasteiger partial charge < -0.3 is 9.32 Å². The number of hydrogen-bond acceptors (Lipinski definition) is 6. The van der Waals surface area contributed by atoms with Gasteiger partial charge in [-0.05, 0) is 37.5 Å². The van der Waals surface area contributed by atoms with Gasteiger partial charge in [0.2, 0.25) is 5.91 Å². The Balaban J connectivity index is 1.40. The molecule has 4 heterocycles. The minimum Gasteiger partial charge on any atom is -0.467 e. The zero-order valence-electron chi connectivity index (χ0n) is 14.3. The van der Waals surface area contributed by atoms with Crippen molar-refractivity contribution < 1.29 is 14.0 Å². The van der Waals surface area contributed by atoms with Crippen molar-refractivity contribution in [2.45, 2.75) is 32.2 Å². The van der Waals surface area contributed by atoms with E-state index in [0.29, 0.717) is 6.61 Å². The van der Waals surface area contributed by atoms with Gasteiger partial charge >= 0.3 is 0 Å². The molecule has 7 heteroatoms. The Bertz CT molecular complexity index is 725. The Hall–Kier alpha value is -2.41. The molecule has 0 bridgehead atoms. The van der Waals surface area contributed by atoms with E-state index in [2.05, 4.69) is 14.9 Å². The molecule has 132 valence electrons. The predicted molar refractivity (Wildman–Crippen MR) is 90.6 cm³/mol. The quantitative estimate of drug-likeness (QED) is 0.853. The predicted octanol–water partition coefficient (Wildman–Crippen LogP) is 2.50. The third kappa shape index (κ3) is 3.24. The van der Waals surface area contributed by atoms with Crippen LogP contribution in [0.3, 0.4) is 0 Å². The van der Waals surface area contributed by atoms with E-state index < -0.39 is 0 Å². The van der Waals surface area contributed by atoms with Crippen LogP contribution in [0.5, 0.6) is 0 Å². The molecule has 0 aromatic carbocycles. The molecule has 0 N–H and O–H groups in total. The van der Waals surface area contributed by atoms with Crippen molar-refractivity contribution in [1.82, 2.24) is 15.0 Å². The van der Waals surface area contributed by atoms with Crippen LogP contribution in [-0.4, -0.2) is 40.6 Å². The number of rotatable bonds is 3. The number of nitrogens with zero attached hydrogens (tertiary/aromatic N) is 4. The van der Waals surface area contributed by atoms with Gasteiger partial charge in [0, 0.05) is 31.6 Å². The van der Waals surface area contributed by atoms with Crippen molar-refractivity contribution in [2.75, 3.05) is 24.6 Å². The number of carbonyl (C=O) groups excluding carboxylic acids is 1. The van der Waals surface area contributed by atoms with E-state index in [-0.39, 0.29) is 17.9 Å². The average Bonchev–Trinajstić information content (AvgIpc) is 3.31. The summed E-state index contributed by atoms with van der Waals surface area (Å²) < 4.78 is 5.59. The summed E-state index contributed by atoms with van der Waals surface area (Å²) in [6.07, 6.45) is 7.39. The van der Waals surface area contributed by atoms with Crippen LogP contribution in [0.4, 0.5) is 5.82 Å². The summed E-state index contributed by atoms with van der Waals surface area (Å²) in [4.78, 5) is 29.0. The molecular formula is C18H22N4O3. The third-order valence-corrected chi connectivity index (χ3v) is 4.94. The maximum Gasteiger partial charge on any atom is 0.250 e. The number of aromatic nitrogens is 2. The van der Waals surface area contributed by atoms with E-state index in [0.717, 1.165) is 49.5 Å². The molecule has 0 aliphatic carbocycles. The standard InChI is InChI=1S/C18H22N4O3/c1-13-10-16(24-11-13)15-5-9-25-22(15)18(23)14-3-7-21(8-4-14)17-2-6-19-12-20-17/h2,6,10-12,14-15H,3-5,7-9H2,1H3/t15-/m0/s1. The SMILES string of the molecule is Cc1coc([C@@H]2CCON2C(=O)C2CCN(c3ccncn3)CC2)c1. The van der Waals surface area contributed by atoms with Gasteiger partial charge in [0.05, 0.1) is 12.9 Å². The van der Waals surface area contributed by atoms with Crippen LogP contribution < -0.4 is 4.90 Å². The van der Waals surface area contributed by atoms with Gasteiger partial charge in [-0.15, -0.1) is 0 Å². The molecule has 7 nitrogen and oxygen atoms in total. The molecule has 0 radical (unpaired) electrons. The lowest BCUT2D eigenvalue weighted by atomic mass is 9.95. The van der Waals surface area contributed by atoms with Crippen molar-refractivity contribution >= 4 is 11.7 Å². The van der Waals surface area contributed by atoms with E-state index in [1.54, 1.807) is 23.9 Å². The minimum atomic E-state index is -0.110. The number of furan rings is 1. The molecule has 2 aromatic rings. The van der Waals surface area contributed by atoms with E-state index >= 15 is 0 Å². The zero-order valence-corrected chi connectivity index (χ0v) is 14.3. The van der Waals surface area contributed by atoms with E-state index in [4.69, 9.17) is 9.25 Å². The molecular weight excluding hydrogens is 320 g/mol. The summed E-state index contributed by atoms with van der Waals surface area (Å²) >= 11 is 0. The largest absolute Gasteiger partial charge is 0.467 e. The molecule has 2 aliphatic rings. The first-order valence-electron chi connectivity index (χ1n) is 8.74. The third-order valence-electron chi connectivity index (χ3n) is 4.94. The maximum atomic E-state index is 12.9. The topological polar surface area (TPSA) is 71.7 Å². The van der Waals surface area contributed by atoms with Gasteiger partial charge in [-0.3, -0.25) is 9.63 Å². The summed E-state index contributed by atoms with van der Waals surface area (Å²) in [5, 5.41) is 1.54. The van der Waals surface area contributed by atoms with Crippen LogP contribution >= 0.6 is 0 Å². The Kier molecular flexibility index (Phi) is 4.40. The summed E-state index contributed by atoms with van der Waals surface area (Å²) in [6.45, 7) is 4.16. The molecule has 0 saturated carbocycles. The van der Waals surface area contributed by atoms with Gasteiger partial charge in [0.25, 0.3) is 0 Å². The fourth-order valence-corrected chi connectivity index (χ4v) is 3.58. The van der Waals surface area contributed by atoms with E-state index in [1.165, 1.54) is 0 Å². The number of aryl methyl sites for hydroxylation is 1. The number of carbonyl (C=O) groups is 1. The Morgan fingerprint density at radius 2 is 2.12 bits per heavy atom. The average molecular weight is 342 g/mol. The molecule has 2 aliphatic heterocycles. The lowest BCUT2D eigenvalue weighted by Gasteiger charge is -2.34. The van der Waals surface area contributed by atoms with Crippen LogP contribution in [-0.2, 0) is 9.63 Å².